The van der Waals surface area contributed by atoms with Crippen molar-refractivity contribution in [2.45, 2.75) is 32.3 Å². The predicted octanol–water partition coefficient (Wildman–Crippen LogP) is 5.99. The third-order valence-corrected chi connectivity index (χ3v) is 9.64. The fourth-order valence-corrected chi connectivity index (χ4v) is 7.29. The van der Waals surface area contributed by atoms with Crippen molar-refractivity contribution in [3.8, 4) is 0 Å². The van der Waals surface area contributed by atoms with Crippen molar-refractivity contribution in [1.82, 2.24) is 9.88 Å². The van der Waals surface area contributed by atoms with Gasteiger partial charge in [0.05, 0.1) is 34.3 Å². The van der Waals surface area contributed by atoms with Crippen LogP contribution in [0, 0.1) is 0 Å². The van der Waals surface area contributed by atoms with Gasteiger partial charge in [-0.3, -0.25) is 9.59 Å². The van der Waals surface area contributed by atoms with Crippen LogP contribution in [0.3, 0.4) is 0 Å². The first-order valence-electron chi connectivity index (χ1n) is 16.8. The summed E-state index contributed by atoms with van der Waals surface area (Å²) in [5, 5.41) is 5.95. The summed E-state index contributed by atoms with van der Waals surface area (Å²) in [6, 6.07) is 29.4. The molecule has 5 aromatic rings. The van der Waals surface area contributed by atoms with Crippen LogP contribution in [-0.4, -0.2) is 34.5 Å². The molecule has 1 aromatic heterocycles. The largest absolute Gasteiger partial charge is 0.491 e. The van der Waals surface area contributed by atoms with E-state index in [0.29, 0.717) is 41.7 Å². The molecular weight excluding hydrogens is 626 g/mol. The van der Waals surface area contributed by atoms with Gasteiger partial charge in [0.25, 0.3) is 11.8 Å². The minimum Gasteiger partial charge on any atom is -0.491 e. The van der Waals surface area contributed by atoms with E-state index in [1.807, 2.05) is 121 Å². The number of imide groups is 1. The first-order chi connectivity index (χ1) is 24.7. The Kier molecular flexibility index (Phi) is 7.43. The summed E-state index contributed by atoms with van der Waals surface area (Å²) in [7, 11) is 0. The minimum atomic E-state index is -0.369. The van der Waals surface area contributed by atoms with Gasteiger partial charge in [0, 0.05) is 10.6 Å². The van der Waals surface area contributed by atoms with E-state index in [4.69, 9.17) is 14.2 Å². The molecule has 246 valence electrons. The lowest BCUT2D eigenvalue weighted by atomic mass is 9.93. The van der Waals surface area contributed by atoms with Crippen molar-refractivity contribution < 1.29 is 23.8 Å². The van der Waals surface area contributed by atoms with Crippen molar-refractivity contribution in [3.05, 3.63) is 171 Å². The molecule has 0 bridgehead atoms. The number of aromatic nitrogens is 1. The Labute approximate surface area is 288 Å². The Morgan fingerprint density at radius 1 is 0.740 bits per heavy atom. The number of allylic oxidation sites excluding steroid dienone is 3. The number of fused-ring (bicyclic) bond motifs is 9. The Bertz CT molecular complexity index is 2390. The number of nitrogens with one attached hydrogen (secondary N) is 2. The number of carbonyl (C=O) groups excluding carboxylic acids is 2. The zero-order valence-electron chi connectivity index (χ0n) is 27.1. The van der Waals surface area contributed by atoms with Gasteiger partial charge < -0.3 is 24.5 Å². The highest BCUT2D eigenvalue weighted by Gasteiger charge is 2.44. The summed E-state index contributed by atoms with van der Waals surface area (Å²) in [4.78, 5) is 33.7. The average molecular weight is 660 g/mol. The van der Waals surface area contributed by atoms with E-state index in [2.05, 4.69) is 10.3 Å². The molecular formula is C42H33N3O5. The van der Waals surface area contributed by atoms with Crippen molar-refractivity contribution in [1.29, 1.82) is 0 Å². The predicted molar refractivity (Wildman–Crippen MR) is 191 cm³/mol. The molecule has 0 saturated carbocycles. The molecule has 3 heterocycles. The first kappa shape index (κ1) is 30.0. The third kappa shape index (κ3) is 5.04. The van der Waals surface area contributed by atoms with Crippen LogP contribution in [0.5, 0.6) is 0 Å². The second kappa shape index (κ2) is 12.4. The topological polar surface area (TPSA) is 92.9 Å². The zero-order chi connectivity index (χ0) is 33.6. The van der Waals surface area contributed by atoms with Gasteiger partial charge in [-0.05, 0) is 46.4 Å². The minimum absolute atomic E-state index is 0.158. The molecule has 1 unspecified atom stereocenters. The molecule has 2 N–H and O–H groups in total. The number of carbonyl (C=O) groups is 2. The van der Waals surface area contributed by atoms with Crippen LogP contribution >= 0.6 is 0 Å². The Balaban J connectivity index is 1.16. The fraction of sp³-hybridized carbons (Fsp3) is 0.143. The molecule has 50 heavy (non-hydrogen) atoms. The van der Waals surface area contributed by atoms with Crippen LogP contribution in [0.2, 0.25) is 0 Å². The first-order valence-corrected chi connectivity index (χ1v) is 16.8. The second-order valence-corrected chi connectivity index (χ2v) is 12.7. The third-order valence-electron chi connectivity index (χ3n) is 9.64. The summed E-state index contributed by atoms with van der Waals surface area (Å²) >= 11 is 0. The summed E-state index contributed by atoms with van der Waals surface area (Å²) < 4.78 is 18.7. The maximum absolute atomic E-state index is 14.4. The zero-order valence-corrected chi connectivity index (χ0v) is 27.1. The number of benzene rings is 4. The van der Waals surface area contributed by atoms with Gasteiger partial charge in [-0.2, -0.15) is 0 Å². The monoisotopic (exact) mass is 659 g/mol. The standard InChI is InChI=1S/C42H33N3O5/c46-41-35-33-29-18-10-20-31(49-23-27-14-6-2-7-15-27)37(29)43-39(33)40-34(36(35)42(47)45(41)25-48-22-26-12-4-1-5-13-26)30-19-11-21-32(38(30)44-40)50-24-28-16-8-3-9-17-28/h1-18,20-21,37,43-44H,19,22-25H2. The van der Waals surface area contributed by atoms with E-state index in [0.717, 1.165) is 55.5 Å². The number of H-pyrrole nitrogens is 1. The summed E-state index contributed by atoms with van der Waals surface area (Å²) in [6.07, 6.45) is 10.5. The quantitative estimate of drug-likeness (QED) is 0.179. The number of ether oxygens (including phenoxy) is 3. The van der Waals surface area contributed by atoms with Crippen molar-refractivity contribution in [2.75, 3.05) is 12.0 Å². The van der Waals surface area contributed by atoms with Gasteiger partial charge in [0.15, 0.2) is 0 Å². The van der Waals surface area contributed by atoms with Crippen LogP contribution in [0.25, 0.3) is 22.2 Å². The highest BCUT2D eigenvalue weighted by Crippen LogP contribution is 2.39. The van der Waals surface area contributed by atoms with E-state index >= 15 is 0 Å². The fourth-order valence-electron chi connectivity index (χ4n) is 7.29. The van der Waals surface area contributed by atoms with E-state index in [-0.39, 0.29) is 31.2 Å². The summed E-state index contributed by atoms with van der Waals surface area (Å²) in [5.74, 6) is 0.685. The number of amides is 2. The van der Waals surface area contributed by atoms with Crippen LogP contribution in [0.4, 0.5) is 5.69 Å². The van der Waals surface area contributed by atoms with Gasteiger partial charge in [-0.25, -0.2) is 4.90 Å². The van der Waals surface area contributed by atoms with Gasteiger partial charge in [-0.1, -0.05) is 109 Å². The van der Waals surface area contributed by atoms with E-state index in [1.54, 1.807) is 0 Å². The molecule has 1 atom stereocenters. The maximum Gasteiger partial charge on any atom is 0.264 e. The molecule has 4 aliphatic rings. The van der Waals surface area contributed by atoms with Gasteiger partial charge >= 0.3 is 0 Å². The Hall–Kier alpha value is -6.12. The molecule has 0 saturated heterocycles. The molecule has 2 amide bonds. The Morgan fingerprint density at radius 3 is 2.08 bits per heavy atom. The molecule has 0 radical (unpaired) electrons. The molecule has 0 fully saturated rings. The smallest absolute Gasteiger partial charge is 0.264 e. The van der Waals surface area contributed by atoms with Gasteiger partial charge in [0.1, 0.15) is 37.5 Å². The van der Waals surface area contributed by atoms with Crippen molar-refractivity contribution in [2.24, 2.45) is 0 Å². The molecule has 2 aliphatic carbocycles. The maximum atomic E-state index is 14.4. The van der Waals surface area contributed by atoms with E-state index in [9.17, 15) is 9.59 Å². The Morgan fingerprint density at radius 2 is 1.38 bits per heavy atom. The molecule has 4 aromatic carbocycles. The van der Waals surface area contributed by atoms with Gasteiger partial charge in [-0.15, -0.1) is 0 Å². The van der Waals surface area contributed by atoms with Gasteiger partial charge in [0.2, 0.25) is 0 Å². The number of anilines is 1. The van der Waals surface area contributed by atoms with Crippen LogP contribution in [0.1, 0.15) is 43.0 Å². The SMILES string of the molecule is O=C1c2c(c3c4c([nH]c3c3c2=C2C=CC=C(OCc5ccccc5)C2N3)=C(OCc2ccccc2)C=CC4)C(=O)N1COCc1ccccc1. The lowest BCUT2D eigenvalue weighted by molar-refractivity contribution is 0.0206. The average Bonchev–Trinajstić information content (AvgIpc) is 3.82. The molecule has 8 nitrogen and oxygen atoms in total. The van der Waals surface area contributed by atoms with Crippen LogP contribution in [-0.2, 0) is 40.5 Å². The van der Waals surface area contributed by atoms with E-state index in [1.165, 1.54) is 4.90 Å². The molecule has 8 heteroatoms. The van der Waals surface area contributed by atoms with E-state index < -0.39 is 0 Å². The van der Waals surface area contributed by atoms with Crippen molar-refractivity contribution in [3.63, 3.8) is 0 Å². The summed E-state index contributed by atoms with van der Waals surface area (Å²) in [5.41, 5.74) is 7.19. The number of hydrogen-bond donors (Lipinski definition) is 2. The van der Waals surface area contributed by atoms with Crippen LogP contribution < -0.4 is 15.9 Å². The highest BCUT2D eigenvalue weighted by atomic mass is 16.5. The second-order valence-electron chi connectivity index (χ2n) is 12.7. The number of rotatable bonds is 10. The number of aromatic amines is 1. The number of nitrogens with zero attached hydrogens (tertiary/aromatic N) is 1. The highest BCUT2D eigenvalue weighted by molar-refractivity contribution is 6.29. The van der Waals surface area contributed by atoms with Crippen LogP contribution in [0.15, 0.2) is 127 Å². The van der Waals surface area contributed by atoms with Crippen molar-refractivity contribution >= 4 is 39.7 Å². The molecule has 0 spiro atoms. The molecule has 9 rings (SSSR count). The normalized spacial score (nSPS) is 17.0. The lowest BCUT2D eigenvalue weighted by Crippen LogP contribution is -2.33. The number of hydrogen-bond acceptors (Lipinski definition) is 6. The molecule has 2 aliphatic heterocycles. The lowest BCUT2D eigenvalue weighted by Gasteiger charge is -2.22. The summed E-state index contributed by atoms with van der Waals surface area (Å²) in [6.45, 7) is 0.916.